The molecule has 0 unspecified atom stereocenters. The van der Waals surface area contributed by atoms with Gasteiger partial charge in [-0.3, -0.25) is 9.67 Å². The number of rotatable bonds is 3. The molecule has 0 radical (unpaired) electrons. The van der Waals surface area contributed by atoms with Crippen LogP contribution in [0.1, 0.15) is 29.8 Å². The average molecular weight is 336 g/mol. The molecule has 134 valence electrons. The van der Waals surface area contributed by atoms with Crippen LogP contribution >= 0.6 is 0 Å². The minimum Gasteiger partial charge on any atom is -0.453 e. The number of nitrogens with zero attached hydrogens (tertiary/aromatic N) is 4. The van der Waals surface area contributed by atoms with Crippen LogP contribution in [0.25, 0.3) is 0 Å². The van der Waals surface area contributed by atoms with Gasteiger partial charge < -0.3 is 20.3 Å². The molecule has 1 aliphatic heterocycles. The quantitative estimate of drug-likeness (QED) is 0.634. The lowest BCUT2D eigenvalue weighted by Gasteiger charge is -2.32. The summed E-state index contributed by atoms with van der Waals surface area (Å²) in [6, 6.07) is 0.299. The molecule has 1 fully saturated rings. The lowest BCUT2D eigenvalue weighted by molar-refractivity contribution is 0.111. The van der Waals surface area contributed by atoms with Crippen molar-refractivity contribution in [2.45, 2.75) is 39.3 Å². The van der Waals surface area contributed by atoms with Crippen LogP contribution in [0.2, 0.25) is 0 Å². The van der Waals surface area contributed by atoms with Gasteiger partial charge in [0.1, 0.15) is 0 Å². The third kappa shape index (κ3) is 4.18. The third-order valence-corrected chi connectivity index (χ3v) is 4.58. The number of aromatic nitrogens is 2. The molecule has 1 saturated heterocycles. The molecule has 0 bridgehead atoms. The molecule has 0 spiro atoms. The Balaban J connectivity index is 1.84. The Bertz CT molecular complexity index is 602. The summed E-state index contributed by atoms with van der Waals surface area (Å²) >= 11 is 0. The van der Waals surface area contributed by atoms with Crippen molar-refractivity contribution in [3.05, 3.63) is 17.0 Å². The predicted octanol–water partition coefficient (Wildman–Crippen LogP) is 0.933. The van der Waals surface area contributed by atoms with E-state index in [0.717, 1.165) is 30.2 Å². The number of amides is 1. The van der Waals surface area contributed by atoms with Gasteiger partial charge in [-0.05, 0) is 26.7 Å². The van der Waals surface area contributed by atoms with Crippen LogP contribution in [0.4, 0.5) is 4.79 Å². The van der Waals surface area contributed by atoms with Gasteiger partial charge in [0.05, 0.1) is 12.8 Å². The van der Waals surface area contributed by atoms with Gasteiger partial charge in [0.25, 0.3) is 0 Å². The number of hydrogen-bond acceptors (Lipinski definition) is 4. The Morgan fingerprint density at radius 1 is 1.38 bits per heavy atom. The van der Waals surface area contributed by atoms with Gasteiger partial charge >= 0.3 is 6.09 Å². The molecule has 0 aromatic carbocycles. The van der Waals surface area contributed by atoms with Crippen molar-refractivity contribution in [1.29, 1.82) is 0 Å². The summed E-state index contributed by atoms with van der Waals surface area (Å²) in [4.78, 5) is 17.5. The largest absolute Gasteiger partial charge is 0.453 e. The van der Waals surface area contributed by atoms with Gasteiger partial charge in [-0.25, -0.2) is 4.79 Å². The standard InChI is InChI=1S/C16H28N6O2/c1-11-14(12(2)21(4)20-11)10-18-15(17-3)19-13-6-8-22(9-7-13)16(23)24-5/h13H,6-10H2,1-5H3,(H2,17,18,19). The second-order valence-corrected chi connectivity index (χ2v) is 6.07. The van der Waals surface area contributed by atoms with Crippen molar-refractivity contribution in [3.8, 4) is 0 Å². The van der Waals surface area contributed by atoms with Crippen molar-refractivity contribution in [2.24, 2.45) is 12.0 Å². The molecule has 0 aliphatic carbocycles. The highest BCUT2D eigenvalue weighted by Crippen LogP contribution is 2.12. The van der Waals surface area contributed by atoms with E-state index in [9.17, 15) is 4.79 Å². The normalized spacial score (nSPS) is 16.2. The zero-order chi connectivity index (χ0) is 17.7. The van der Waals surface area contributed by atoms with Crippen LogP contribution < -0.4 is 10.6 Å². The first-order valence-corrected chi connectivity index (χ1v) is 8.25. The van der Waals surface area contributed by atoms with Crippen LogP contribution in [0.15, 0.2) is 4.99 Å². The SMILES string of the molecule is CN=C(NCc1c(C)nn(C)c1C)NC1CCN(C(=O)OC)CC1. The fourth-order valence-corrected chi connectivity index (χ4v) is 2.97. The number of aryl methyl sites for hydroxylation is 2. The molecule has 1 aromatic heterocycles. The number of nitrogens with one attached hydrogen (secondary N) is 2. The summed E-state index contributed by atoms with van der Waals surface area (Å²) in [7, 11) is 5.14. The molecule has 2 rings (SSSR count). The van der Waals surface area contributed by atoms with Crippen LogP contribution in [-0.2, 0) is 18.3 Å². The smallest absolute Gasteiger partial charge is 0.409 e. The maximum absolute atomic E-state index is 11.5. The molecule has 1 amide bonds. The molecule has 0 atom stereocenters. The van der Waals surface area contributed by atoms with Crippen LogP contribution in [0.5, 0.6) is 0 Å². The van der Waals surface area contributed by atoms with Gasteiger partial charge in [0.2, 0.25) is 0 Å². The molecule has 1 aliphatic rings. The lowest BCUT2D eigenvalue weighted by atomic mass is 10.1. The zero-order valence-corrected chi connectivity index (χ0v) is 15.2. The number of carbonyl (C=O) groups is 1. The maximum atomic E-state index is 11.5. The van der Waals surface area contributed by atoms with E-state index in [1.54, 1.807) is 11.9 Å². The molecule has 24 heavy (non-hydrogen) atoms. The first kappa shape index (κ1) is 18.1. The van der Waals surface area contributed by atoms with Crippen LogP contribution in [0.3, 0.4) is 0 Å². The van der Waals surface area contributed by atoms with Gasteiger partial charge in [0.15, 0.2) is 5.96 Å². The van der Waals surface area contributed by atoms with Gasteiger partial charge in [-0.2, -0.15) is 5.10 Å². The summed E-state index contributed by atoms with van der Waals surface area (Å²) in [5.74, 6) is 0.772. The van der Waals surface area contributed by atoms with Crippen molar-refractivity contribution >= 4 is 12.1 Å². The molecule has 2 N–H and O–H groups in total. The monoisotopic (exact) mass is 336 g/mol. The Morgan fingerprint density at radius 2 is 2.04 bits per heavy atom. The average Bonchev–Trinajstić information content (AvgIpc) is 2.83. The number of carbonyl (C=O) groups excluding carboxylic acids is 1. The topological polar surface area (TPSA) is 83.8 Å². The molecule has 8 nitrogen and oxygen atoms in total. The second kappa shape index (κ2) is 8.03. The number of ether oxygens (including phenoxy) is 1. The fourth-order valence-electron chi connectivity index (χ4n) is 2.97. The van der Waals surface area contributed by atoms with Crippen molar-refractivity contribution in [3.63, 3.8) is 0 Å². The number of likely N-dealkylation sites (tertiary alicyclic amines) is 1. The molecular weight excluding hydrogens is 308 g/mol. The van der Waals surface area contributed by atoms with Gasteiger partial charge in [-0.15, -0.1) is 0 Å². The maximum Gasteiger partial charge on any atom is 0.409 e. The summed E-state index contributed by atoms with van der Waals surface area (Å²) in [6.07, 6.45) is 1.50. The lowest BCUT2D eigenvalue weighted by Crippen LogP contribution is -2.49. The fraction of sp³-hybridized carbons (Fsp3) is 0.688. The summed E-state index contributed by atoms with van der Waals surface area (Å²) in [5.41, 5.74) is 3.38. The number of methoxy groups -OCH3 is 1. The molecule has 1 aromatic rings. The van der Waals surface area contributed by atoms with E-state index in [1.807, 2.05) is 18.7 Å². The number of piperidine rings is 1. The van der Waals surface area contributed by atoms with E-state index in [0.29, 0.717) is 25.7 Å². The zero-order valence-electron chi connectivity index (χ0n) is 15.2. The minimum absolute atomic E-state index is 0.251. The summed E-state index contributed by atoms with van der Waals surface area (Å²) < 4.78 is 6.66. The van der Waals surface area contributed by atoms with Crippen molar-refractivity contribution in [1.82, 2.24) is 25.3 Å². The number of aliphatic imine (C=N–C) groups is 1. The van der Waals surface area contributed by atoms with E-state index in [2.05, 4.69) is 27.6 Å². The van der Waals surface area contributed by atoms with E-state index >= 15 is 0 Å². The Kier molecular flexibility index (Phi) is 6.05. The molecule has 2 heterocycles. The van der Waals surface area contributed by atoms with Gasteiger partial charge in [-0.1, -0.05) is 0 Å². The summed E-state index contributed by atoms with van der Waals surface area (Å²) in [6.45, 7) is 6.16. The first-order chi connectivity index (χ1) is 11.5. The first-order valence-electron chi connectivity index (χ1n) is 8.25. The van der Waals surface area contributed by atoms with Crippen molar-refractivity contribution in [2.75, 3.05) is 27.2 Å². The number of hydrogen-bond donors (Lipinski definition) is 2. The molecule has 0 saturated carbocycles. The van der Waals surface area contributed by atoms with E-state index in [4.69, 9.17) is 4.74 Å². The number of guanidine groups is 1. The highest BCUT2D eigenvalue weighted by molar-refractivity contribution is 5.80. The Labute approximate surface area is 143 Å². The second-order valence-electron chi connectivity index (χ2n) is 6.07. The Morgan fingerprint density at radius 3 is 2.54 bits per heavy atom. The van der Waals surface area contributed by atoms with Crippen molar-refractivity contribution < 1.29 is 9.53 Å². The highest BCUT2D eigenvalue weighted by Gasteiger charge is 2.23. The van der Waals surface area contributed by atoms with Crippen LogP contribution in [-0.4, -0.2) is 60.0 Å². The Hall–Kier alpha value is -2.25. The minimum atomic E-state index is -0.251. The third-order valence-electron chi connectivity index (χ3n) is 4.58. The predicted molar refractivity (Wildman–Crippen MR) is 93.0 cm³/mol. The highest BCUT2D eigenvalue weighted by atomic mass is 16.5. The van der Waals surface area contributed by atoms with E-state index in [1.165, 1.54) is 12.7 Å². The molecular formula is C16H28N6O2. The van der Waals surface area contributed by atoms with E-state index in [-0.39, 0.29) is 6.09 Å². The summed E-state index contributed by atoms with van der Waals surface area (Å²) in [5, 5.41) is 11.2. The van der Waals surface area contributed by atoms with Gasteiger partial charge in [0, 0.05) is 51.0 Å². The molecule has 8 heteroatoms. The van der Waals surface area contributed by atoms with Crippen LogP contribution in [0, 0.1) is 13.8 Å². The van der Waals surface area contributed by atoms with E-state index < -0.39 is 0 Å².